The van der Waals surface area contributed by atoms with E-state index in [0.29, 0.717) is 6.04 Å². The zero-order chi connectivity index (χ0) is 15.3. The van der Waals surface area contributed by atoms with E-state index in [-0.39, 0.29) is 11.6 Å². The molecular formula is C16H30N4O. The second-order valence-corrected chi connectivity index (χ2v) is 6.44. The molecule has 120 valence electrons. The first-order valence-corrected chi connectivity index (χ1v) is 8.24. The Morgan fingerprint density at radius 2 is 1.95 bits per heavy atom. The Kier molecular flexibility index (Phi) is 5.76. The Morgan fingerprint density at radius 3 is 2.48 bits per heavy atom. The maximum atomic E-state index is 6.04. The molecule has 1 N–H and O–H groups in total. The van der Waals surface area contributed by atoms with Crippen LogP contribution in [-0.4, -0.2) is 40.6 Å². The van der Waals surface area contributed by atoms with Crippen LogP contribution < -0.4 is 5.32 Å². The third-order valence-electron chi connectivity index (χ3n) is 4.86. The quantitative estimate of drug-likeness (QED) is 0.820. The number of aromatic nitrogens is 3. The van der Waals surface area contributed by atoms with Gasteiger partial charge in [0.2, 0.25) is 0 Å². The van der Waals surface area contributed by atoms with E-state index in [9.17, 15) is 0 Å². The Labute approximate surface area is 128 Å². The van der Waals surface area contributed by atoms with E-state index in [4.69, 9.17) is 4.74 Å². The van der Waals surface area contributed by atoms with Crippen molar-refractivity contribution in [1.82, 2.24) is 20.1 Å². The lowest BCUT2D eigenvalue weighted by molar-refractivity contribution is -0.0515. The highest BCUT2D eigenvalue weighted by molar-refractivity contribution is 5.01. The van der Waals surface area contributed by atoms with Gasteiger partial charge in [-0.05, 0) is 33.7 Å². The molecule has 1 unspecified atom stereocenters. The van der Waals surface area contributed by atoms with Gasteiger partial charge in [0.15, 0.2) is 0 Å². The molecule has 0 radical (unpaired) electrons. The predicted octanol–water partition coefficient (Wildman–Crippen LogP) is 2.73. The van der Waals surface area contributed by atoms with Gasteiger partial charge in [-0.2, -0.15) is 5.10 Å². The molecule has 1 fully saturated rings. The van der Waals surface area contributed by atoms with Gasteiger partial charge in [0.1, 0.15) is 12.2 Å². The SMILES string of the molecule is CNC(Cc1ncnn1C(C)C)C1(OC)CCCCCC1. The summed E-state index contributed by atoms with van der Waals surface area (Å²) in [5.41, 5.74) is -0.0704. The molecule has 1 aromatic rings. The van der Waals surface area contributed by atoms with Crippen LogP contribution >= 0.6 is 0 Å². The number of nitrogens with zero attached hydrogens (tertiary/aromatic N) is 3. The van der Waals surface area contributed by atoms with Crippen LogP contribution in [0.25, 0.3) is 0 Å². The Balaban J connectivity index is 2.18. The van der Waals surface area contributed by atoms with Crippen LogP contribution in [0, 0.1) is 0 Å². The van der Waals surface area contributed by atoms with Crippen LogP contribution in [0.5, 0.6) is 0 Å². The first-order chi connectivity index (χ1) is 10.1. The molecule has 2 rings (SSSR count). The topological polar surface area (TPSA) is 52.0 Å². The molecule has 1 aromatic heterocycles. The van der Waals surface area contributed by atoms with Crippen molar-refractivity contribution in [1.29, 1.82) is 0 Å². The van der Waals surface area contributed by atoms with Gasteiger partial charge in [-0.15, -0.1) is 0 Å². The standard InChI is InChI=1S/C16H30N4O/c1-13(2)20-15(18-12-19-20)11-14(17-3)16(21-4)9-7-5-6-8-10-16/h12-14,17H,5-11H2,1-4H3. The predicted molar refractivity (Wildman–Crippen MR) is 84.4 cm³/mol. The molecule has 21 heavy (non-hydrogen) atoms. The summed E-state index contributed by atoms with van der Waals surface area (Å²) in [6.45, 7) is 4.29. The van der Waals surface area contributed by atoms with Crippen LogP contribution in [-0.2, 0) is 11.2 Å². The molecule has 1 saturated carbocycles. The van der Waals surface area contributed by atoms with Crippen LogP contribution in [0.2, 0.25) is 0 Å². The summed E-state index contributed by atoms with van der Waals surface area (Å²) in [6.07, 6.45) is 9.94. The van der Waals surface area contributed by atoms with E-state index in [1.165, 1.54) is 25.7 Å². The number of nitrogens with one attached hydrogen (secondary N) is 1. The zero-order valence-corrected chi connectivity index (χ0v) is 13.9. The summed E-state index contributed by atoms with van der Waals surface area (Å²) in [5.74, 6) is 1.05. The Hall–Kier alpha value is -0.940. The molecular weight excluding hydrogens is 264 g/mol. The number of ether oxygens (including phenoxy) is 1. The maximum Gasteiger partial charge on any atom is 0.138 e. The molecule has 5 heteroatoms. The minimum atomic E-state index is -0.0704. The highest BCUT2D eigenvalue weighted by atomic mass is 16.5. The third kappa shape index (κ3) is 3.64. The van der Waals surface area contributed by atoms with E-state index in [0.717, 1.165) is 25.1 Å². The second-order valence-electron chi connectivity index (χ2n) is 6.44. The Bertz CT molecular complexity index is 422. The van der Waals surface area contributed by atoms with Gasteiger partial charge in [-0.25, -0.2) is 9.67 Å². The van der Waals surface area contributed by atoms with Crippen molar-refractivity contribution in [3.05, 3.63) is 12.2 Å². The fourth-order valence-electron chi connectivity index (χ4n) is 3.61. The number of hydrogen-bond acceptors (Lipinski definition) is 4. The van der Waals surface area contributed by atoms with E-state index in [2.05, 4.69) is 29.2 Å². The second kappa shape index (κ2) is 7.36. The summed E-state index contributed by atoms with van der Waals surface area (Å²) in [5, 5.41) is 7.84. The maximum absolute atomic E-state index is 6.04. The van der Waals surface area contributed by atoms with Gasteiger partial charge in [0.05, 0.1) is 5.60 Å². The average molecular weight is 294 g/mol. The van der Waals surface area contributed by atoms with Crippen molar-refractivity contribution >= 4 is 0 Å². The fourth-order valence-corrected chi connectivity index (χ4v) is 3.61. The molecule has 0 aromatic carbocycles. The van der Waals surface area contributed by atoms with Gasteiger partial charge in [-0.1, -0.05) is 25.7 Å². The van der Waals surface area contributed by atoms with E-state index >= 15 is 0 Å². The van der Waals surface area contributed by atoms with Crippen LogP contribution in [0.15, 0.2) is 6.33 Å². The molecule has 0 amide bonds. The van der Waals surface area contributed by atoms with E-state index in [1.807, 2.05) is 18.8 Å². The van der Waals surface area contributed by atoms with Crippen molar-refractivity contribution < 1.29 is 4.74 Å². The number of likely N-dealkylation sites (N-methyl/N-ethyl adjacent to an activating group) is 1. The molecule has 0 aliphatic heterocycles. The monoisotopic (exact) mass is 294 g/mol. The van der Waals surface area contributed by atoms with Gasteiger partial charge in [0.25, 0.3) is 0 Å². The highest BCUT2D eigenvalue weighted by Crippen LogP contribution is 2.34. The van der Waals surface area contributed by atoms with Crippen LogP contribution in [0.1, 0.15) is 64.2 Å². The molecule has 0 bridgehead atoms. The van der Waals surface area contributed by atoms with Gasteiger partial charge in [0, 0.05) is 25.6 Å². The molecule has 0 spiro atoms. The fraction of sp³-hybridized carbons (Fsp3) is 0.875. The van der Waals surface area contributed by atoms with Gasteiger partial charge < -0.3 is 10.1 Å². The lowest BCUT2D eigenvalue weighted by Gasteiger charge is -2.39. The summed E-state index contributed by atoms with van der Waals surface area (Å²) >= 11 is 0. The molecule has 5 nitrogen and oxygen atoms in total. The summed E-state index contributed by atoms with van der Waals surface area (Å²) in [6, 6.07) is 0.620. The minimum absolute atomic E-state index is 0.0704. The molecule has 1 aliphatic carbocycles. The summed E-state index contributed by atoms with van der Waals surface area (Å²) < 4.78 is 8.06. The van der Waals surface area contributed by atoms with E-state index < -0.39 is 0 Å². The van der Waals surface area contributed by atoms with Crippen molar-refractivity contribution in [3.8, 4) is 0 Å². The van der Waals surface area contributed by atoms with Gasteiger partial charge >= 0.3 is 0 Å². The van der Waals surface area contributed by atoms with Gasteiger partial charge in [-0.3, -0.25) is 0 Å². The largest absolute Gasteiger partial charge is 0.377 e. The van der Waals surface area contributed by atoms with E-state index in [1.54, 1.807) is 6.33 Å². The normalized spacial score (nSPS) is 20.4. The highest BCUT2D eigenvalue weighted by Gasteiger charge is 2.39. The molecule has 0 saturated heterocycles. The molecule has 1 heterocycles. The smallest absolute Gasteiger partial charge is 0.138 e. The molecule has 1 aliphatic rings. The van der Waals surface area contributed by atoms with Crippen molar-refractivity contribution in [2.75, 3.05) is 14.2 Å². The van der Waals surface area contributed by atoms with Crippen LogP contribution in [0.4, 0.5) is 0 Å². The average Bonchev–Trinajstić information content (AvgIpc) is 2.81. The third-order valence-corrected chi connectivity index (χ3v) is 4.86. The Morgan fingerprint density at radius 1 is 1.29 bits per heavy atom. The number of methoxy groups -OCH3 is 1. The lowest BCUT2D eigenvalue weighted by Crippen LogP contribution is -2.52. The van der Waals surface area contributed by atoms with Crippen LogP contribution in [0.3, 0.4) is 0 Å². The number of rotatable bonds is 6. The minimum Gasteiger partial charge on any atom is -0.377 e. The summed E-state index contributed by atoms with van der Waals surface area (Å²) in [7, 11) is 3.90. The zero-order valence-electron chi connectivity index (χ0n) is 13.9. The van der Waals surface area contributed by atoms with Crippen molar-refractivity contribution in [2.24, 2.45) is 0 Å². The van der Waals surface area contributed by atoms with Crippen molar-refractivity contribution in [2.45, 2.75) is 76.5 Å². The number of hydrogen-bond donors (Lipinski definition) is 1. The molecule has 1 atom stereocenters. The first-order valence-electron chi connectivity index (χ1n) is 8.24. The summed E-state index contributed by atoms with van der Waals surface area (Å²) in [4.78, 5) is 4.47. The van der Waals surface area contributed by atoms with Crippen molar-refractivity contribution in [3.63, 3.8) is 0 Å². The lowest BCUT2D eigenvalue weighted by atomic mass is 9.84. The first kappa shape index (κ1) is 16.4.